The number of hydrogen-bond donors (Lipinski definition) is 2. The van der Waals surface area contributed by atoms with Crippen molar-refractivity contribution < 1.29 is 9.53 Å². The Morgan fingerprint density at radius 3 is 2.95 bits per heavy atom. The van der Waals surface area contributed by atoms with Gasteiger partial charge in [0.15, 0.2) is 0 Å². The Morgan fingerprint density at radius 1 is 1.60 bits per heavy atom. The molecule has 6 nitrogen and oxygen atoms in total. The monoisotopic (exact) mass is 280 g/mol. The maximum absolute atomic E-state index is 12.2. The molecule has 0 radical (unpaired) electrons. The zero-order valence-electron chi connectivity index (χ0n) is 12.3. The van der Waals surface area contributed by atoms with Crippen LogP contribution in [0.4, 0.5) is 5.69 Å². The number of amides is 1. The molecule has 1 atom stereocenters. The van der Waals surface area contributed by atoms with E-state index in [-0.39, 0.29) is 12.0 Å². The third-order valence-corrected chi connectivity index (χ3v) is 4.02. The number of aromatic nitrogens is 2. The fraction of sp³-hybridized carbons (Fsp3) is 0.714. The van der Waals surface area contributed by atoms with Crippen molar-refractivity contribution in [1.82, 2.24) is 9.78 Å². The quantitative estimate of drug-likeness (QED) is 0.827. The van der Waals surface area contributed by atoms with E-state index in [1.54, 1.807) is 6.20 Å². The first-order valence-corrected chi connectivity index (χ1v) is 7.31. The van der Waals surface area contributed by atoms with Crippen LogP contribution in [0.1, 0.15) is 39.5 Å². The van der Waals surface area contributed by atoms with Crippen molar-refractivity contribution in [1.29, 1.82) is 0 Å². The van der Waals surface area contributed by atoms with Gasteiger partial charge in [0.05, 0.1) is 30.1 Å². The zero-order chi connectivity index (χ0) is 14.6. The maximum atomic E-state index is 12.2. The minimum Gasteiger partial charge on any atom is -0.376 e. The number of carbonyl (C=O) groups is 1. The summed E-state index contributed by atoms with van der Waals surface area (Å²) in [7, 11) is 0. The van der Waals surface area contributed by atoms with Crippen LogP contribution >= 0.6 is 0 Å². The van der Waals surface area contributed by atoms with E-state index >= 15 is 0 Å². The molecule has 1 aromatic rings. The minimum absolute atomic E-state index is 0.154. The molecular weight excluding hydrogens is 256 g/mol. The van der Waals surface area contributed by atoms with Crippen LogP contribution in [0.15, 0.2) is 12.4 Å². The first-order valence-electron chi connectivity index (χ1n) is 7.31. The number of nitrogens with two attached hydrogens (primary N) is 1. The molecule has 20 heavy (non-hydrogen) atoms. The largest absolute Gasteiger partial charge is 0.376 e. The van der Waals surface area contributed by atoms with Crippen molar-refractivity contribution >= 4 is 11.6 Å². The first-order chi connectivity index (χ1) is 9.57. The lowest BCUT2D eigenvalue weighted by Gasteiger charge is -2.24. The van der Waals surface area contributed by atoms with Crippen molar-refractivity contribution in [3.05, 3.63) is 12.4 Å². The van der Waals surface area contributed by atoms with E-state index < -0.39 is 5.54 Å². The van der Waals surface area contributed by atoms with Gasteiger partial charge < -0.3 is 15.8 Å². The summed E-state index contributed by atoms with van der Waals surface area (Å²) in [6.45, 7) is 5.40. The average Bonchev–Trinajstić information content (AvgIpc) is 3.10. The molecule has 1 fully saturated rings. The fourth-order valence-corrected chi connectivity index (χ4v) is 2.35. The van der Waals surface area contributed by atoms with Gasteiger partial charge in [-0.15, -0.1) is 0 Å². The van der Waals surface area contributed by atoms with Crippen LogP contribution in [0.2, 0.25) is 0 Å². The summed E-state index contributed by atoms with van der Waals surface area (Å²) in [5.74, 6) is -0.154. The molecule has 112 valence electrons. The van der Waals surface area contributed by atoms with Crippen molar-refractivity contribution in [2.45, 2.75) is 57.7 Å². The molecule has 2 heterocycles. The molecule has 0 saturated carbocycles. The van der Waals surface area contributed by atoms with E-state index in [1.165, 1.54) is 0 Å². The Morgan fingerprint density at radius 2 is 2.35 bits per heavy atom. The van der Waals surface area contributed by atoms with E-state index in [2.05, 4.69) is 10.4 Å². The fourth-order valence-electron chi connectivity index (χ4n) is 2.35. The normalized spacial score (nSPS) is 19.2. The number of nitrogens with zero attached hydrogens (tertiary/aromatic N) is 2. The number of anilines is 1. The van der Waals surface area contributed by atoms with Gasteiger partial charge >= 0.3 is 0 Å². The molecule has 0 aromatic carbocycles. The Labute approximate surface area is 119 Å². The molecule has 2 rings (SSSR count). The van der Waals surface area contributed by atoms with Gasteiger partial charge in [0.25, 0.3) is 0 Å². The van der Waals surface area contributed by atoms with E-state index in [4.69, 9.17) is 10.5 Å². The van der Waals surface area contributed by atoms with Crippen LogP contribution < -0.4 is 11.1 Å². The Balaban J connectivity index is 1.93. The molecule has 0 spiro atoms. The van der Waals surface area contributed by atoms with Crippen molar-refractivity contribution in [3.8, 4) is 0 Å². The summed E-state index contributed by atoms with van der Waals surface area (Å²) < 4.78 is 7.38. The van der Waals surface area contributed by atoms with Crippen LogP contribution in [0.25, 0.3) is 0 Å². The molecule has 3 N–H and O–H groups in total. The van der Waals surface area contributed by atoms with Gasteiger partial charge in [-0.25, -0.2) is 0 Å². The molecule has 1 unspecified atom stereocenters. The molecule has 0 bridgehead atoms. The second kappa shape index (κ2) is 6.37. The Hall–Kier alpha value is -1.40. The molecule has 1 aromatic heterocycles. The maximum Gasteiger partial charge on any atom is 0.244 e. The third kappa shape index (κ3) is 3.37. The number of carbonyl (C=O) groups excluding carboxylic acids is 1. The smallest absolute Gasteiger partial charge is 0.244 e. The van der Waals surface area contributed by atoms with E-state index in [0.717, 1.165) is 26.0 Å². The third-order valence-electron chi connectivity index (χ3n) is 4.02. The van der Waals surface area contributed by atoms with Crippen molar-refractivity contribution in [2.24, 2.45) is 5.73 Å². The molecule has 6 heteroatoms. The summed E-state index contributed by atoms with van der Waals surface area (Å²) in [4.78, 5) is 12.2. The zero-order valence-corrected chi connectivity index (χ0v) is 12.3. The second-order valence-corrected chi connectivity index (χ2v) is 5.40. The van der Waals surface area contributed by atoms with Gasteiger partial charge in [-0.3, -0.25) is 9.48 Å². The topological polar surface area (TPSA) is 82.2 Å². The standard InChI is InChI=1S/C14H24N4O2/c1-3-14(15,4-2)13(19)17-11-8-16-18(9-11)10-12-6-5-7-20-12/h8-9,12H,3-7,10,15H2,1-2H3,(H,17,19). The lowest BCUT2D eigenvalue weighted by Crippen LogP contribution is -2.50. The lowest BCUT2D eigenvalue weighted by atomic mass is 9.93. The van der Waals surface area contributed by atoms with Gasteiger partial charge in [0, 0.05) is 12.8 Å². The van der Waals surface area contributed by atoms with Gasteiger partial charge in [-0.1, -0.05) is 13.8 Å². The molecular formula is C14H24N4O2. The lowest BCUT2D eigenvalue weighted by molar-refractivity contribution is -0.121. The minimum atomic E-state index is -0.809. The summed E-state index contributed by atoms with van der Waals surface area (Å²) in [6.07, 6.45) is 7.11. The van der Waals surface area contributed by atoms with Crippen LogP contribution in [0, 0.1) is 0 Å². The van der Waals surface area contributed by atoms with Crippen LogP contribution in [0.3, 0.4) is 0 Å². The Bertz CT molecular complexity index is 448. The van der Waals surface area contributed by atoms with E-state index in [9.17, 15) is 4.79 Å². The summed E-state index contributed by atoms with van der Waals surface area (Å²) >= 11 is 0. The highest BCUT2D eigenvalue weighted by Gasteiger charge is 2.30. The Kier molecular flexibility index (Phi) is 4.77. The average molecular weight is 280 g/mol. The van der Waals surface area contributed by atoms with Crippen molar-refractivity contribution in [2.75, 3.05) is 11.9 Å². The number of rotatable bonds is 6. The second-order valence-electron chi connectivity index (χ2n) is 5.40. The molecule has 1 amide bonds. The molecule has 1 saturated heterocycles. The van der Waals surface area contributed by atoms with Crippen LogP contribution in [-0.4, -0.2) is 33.9 Å². The van der Waals surface area contributed by atoms with E-state index in [0.29, 0.717) is 18.5 Å². The highest BCUT2D eigenvalue weighted by molar-refractivity contribution is 5.97. The summed E-state index contributed by atoms with van der Waals surface area (Å²) in [6, 6.07) is 0. The predicted octanol–water partition coefficient (Wildman–Crippen LogP) is 1.52. The molecule has 0 aliphatic carbocycles. The molecule has 1 aliphatic heterocycles. The number of ether oxygens (including phenoxy) is 1. The van der Waals surface area contributed by atoms with Crippen LogP contribution in [-0.2, 0) is 16.1 Å². The highest BCUT2D eigenvalue weighted by atomic mass is 16.5. The SMILES string of the molecule is CCC(N)(CC)C(=O)Nc1cnn(CC2CCCO2)c1. The van der Waals surface area contributed by atoms with Crippen LogP contribution in [0.5, 0.6) is 0 Å². The molecule has 1 aliphatic rings. The first kappa shape index (κ1) is 15.0. The van der Waals surface area contributed by atoms with E-state index in [1.807, 2.05) is 24.7 Å². The summed E-state index contributed by atoms with van der Waals surface area (Å²) in [5.41, 5.74) is 5.94. The number of hydrogen-bond acceptors (Lipinski definition) is 4. The highest BCUT2D eigenvalue weighted by Crippen LogP contribution is 2.17. The predicted molar refractivity (Wildman–Crippen MR) is 77.3 cm³/mol. The van der Waals surface area contributed by atoms with Crippen molar-refractivity contribution in [3.63, 3.8) is 0 Å². The van der Waals surface area contributed by atoms with Gasteiger partial charge in [0.1, 0.15) is 0 Å². The van der Waals surface area contributed by atoms with Gasteiger partial charge in [0.2, 0.25) is 5.91 Å². The van der Waals surface area contributed by atoms with Gasteiger partial charge in [-0.2, -0.15) is 5.10 Å². The summed E-state index contributed by atoms with van der Waals surface area (Å²) in [5, 5.41) is 7.09. The number of nitrogens with one attached hydrogen (secondary N) is 1. The van der Waals surface area contributed by atoms with Gasteiger partial charge in [-0.05, 0) is 25.7 Å².